The second kappa shape index (κ2) is 3.43. The molecule has 0 radical (unpaired) electrons. The van der Waals surface area contributed by atoms with Gasteiger partial charge in [0.05, 0.1) is 6.61 Å². The Morgan fingerprint density at radius 1 is 1.54 bits per heavy atom. The summed E-state index contributed by atoms with van der Waals surface area (Å²) in [6.07, 6.45) is 1.63. The molecule has 0 atom stereocenters. The maximum Gasteiger partial charge on any atom is 0.251 e. The SMILES string of the molecule is O=C1COCc2c(Br)ccnc2N1. The number of hydrogen-bond acceptors (Lipinski definition) is 3. The van der Waals surface area contributed by atoms with Crippen molar-refractivity contribution in [3.63, 3.8) is 0 Å². The van der Waals surface area contributed by atoms with Crippen molar-refractivity contribution in [2.45, 2.75) is 6.61 Å². The van der Waals surface area contributed by atoms with Gasteiger partial charge >= 0.3 is 0 Å². The average Bonchev–Trinajstić information content (AvgIpc) is 2.27. The van der Waals surface area contributed by atoms with E-state index in [0.717, 1.165) is 10.0 Å². The average molecular weight is 243 g/mol. The van der Waals surface area contributed by atoms with E-state index in [0.29, 0.717) is 12.4 Å². The largest absolute Gasteiger partial charge is 0.367 e. The first-order chi connectivity index (χ1) is 6.27. The number of anilines is 1. The van der Waals surface area contributed by atoms with E-state index in [-0.39, 0.29) is 12.5 Å². The fourth-order valence-electron chi connectivity index (χ4n) is 1.13. The van der Waals surface area contributed by atoms with E-state index in [2.05, 4.69) is 26.2 Å². The lowest BCUT2D eigenvalue weighted by atomic mass is 10.3. The number of amides is 1. The molecule has 1 aromatic heterocycles. The van der Waals surface area contributed by atoms with Crippen LogP contribution in [0.15, 0.2) is 16.7 Å². The summed E-state index contributed by atoms with van der Waals surface area (Å²) in [5, 5.41) is 2.66. The monoisotopic (exact) mass is 242 g/mol. The van der Waals surface area contributed by atoms with Crippen LogP contribution in [0, 0.1) is 0 Å². The third kappa shape index (κ3) is 1.71. The molecule has 0 saturated carbocycles. The van der Waals surface area contributed by atoms with Crippen molar-refractivity contribution in [3.05, 3.63) is 22.3 Å². The summed E-state index contributed by atoms with van der Waals surface area (Å²) in [5.74, 6) is 0.418. The fraction of sp³-hybridized carbons (Fsp3) is 0.250. The van der Waals surface area contributed by atoms with E-state index in [1.165, 1.54) is 0 Å². The molecule has 4 nitrogen and oxygen atoms in total. The standard InChI is InChI=1S/C8H7BrN2O2/c9-6-1-2-10-8-5(6)3-13-4-7(12)11-8/h1-2H,3-4H2,(H,10,11,12). The number of halogens is 1. The first-order valence-electron chi connectivity index (χ1n) is 3.78. The number of carbonyl (C=O) groups excluding carboxylic acids is 1. The van der Waals surface area contributed by atoms with Gasteiger partial charge in [0.25, 0.3) is 5.91 Å². The summed E-state index contributed by atoms with van der Waals surface area (Å²) < 4.78 is 6.03. The normalized spacial score (nSPS) is 15.9. The van der Waals surface area contributed by atoms with Crippen LogP contribution in [-0.4, -0.2) is 17.5 Å². The maximum atomic E-state index is 11.1. The maximum absolute atomic E-state index is 11.1. The van der Waals surface area contributed by atoms with Crippen LogP contribution in [0.4, 0.5) is 5.82 Å². The van der Waals surface area contributed by atoms with E-state index < -0.39 is 0 Å². The van der Waals surface area contributed by atoms with Crippen LogP contribution in [-0.2, 0) is 16.1 Å². The Hall–Kier alpha value is -0.940. The van der Waals surface area contributed by atoms with E-state index >= 15 is 0 Å². The van der Waals surface area contributed by atoms with Gasteiger partial charge in [0, 0.05) is 16.2 Å². The Kier molecular flexibility index (Phi) is 2.28. The predicted octanol–water partition coefficient (Wildman–Crippen LogP) is 1.31. The lowest BCUT2D eigenvalue weighted by molar-refractivity contribution is -0.120. The highest BCUT2D eigenvalue weighted by Crippen LogP contribution is 2.24. The van der Waals surface area contributed by atoms with Gasteiger partial charge in [-0.3, -0.25) is 4.79 Å². The summed E-state index contributed by atoms with van der Waals surface area (Å²) in [6.45, 7) is 0.491. The zero-order chi connectivity index (χ0) is 9.26. The molecule has 0 aliphatic carbocycles. The minimum Gasteiger partial charge on any atom is -0.367 e. The number of carbonyl (C=O) groups is 1. The fourth-order valence-corrected chi connectivity index (χ4v) is 1.55. The van der Waals surface area contributed by atoms with Crippen LogP contribution in [0.5, 0.6) is 0 Å². The molecular weight excluding hydrogens is 236 g/mol. The minimum atomic E-state index is -0.163. The number of nitrogens with one attached hydrogen (secondary N) is 1. The summed E-state index contributed by atoms with van der Waals surface area (Å²) >= 11 is 3.37. The number of fused-ring (bicyclic) bond motifs is 1. The topological polar surface area (TPSA) is 51.2 Å². The summed E-state index contributed by atoms with van der Waals surface area (Å²) in [7, 11) is 0. The van der Waals surface area contributed by atoms with Crippen molar-refractivity contribution in [3.8, 4) is 0 Å². The molecule has 1 aromatic rings. The van der Waals surface area contributed by atoms with Gasteiger partial charge in [-0.15, -0.1) is 0 Å². The number of aromatic nitrogens is 1. The summed E-state index contributed by atoms with van der Waals surface area (Å²) in [6, 6.07) is 1.82. The minimum absolute atomic E-state index is 0.0861. The zero-order valence-electron chi connectivity index (χ0n) is 6.71. The number of nitrogens with zero attached hydrogens (tertiary/aromatic N) is 1. The second-order valence-electron chi connectivity index (χ2n) is 2.66. The molecule has 1 amide bonds. The third-order valence-corrected chi connectivity index (χ3v) is 2.48. The molecule has 0 aromatic carbocycles. The van der Waals surface area contributed by atoms with Crippen LogP contribution < -0.4 is 5.32 Å². The smallest absolute Gasteiger partial charge is 0.251 e. The number of ether oxygens (including phenoxy) is 1. The van der Waals surface area contributed by atoms with Gasteiger partial charge in [-0.05, 0) is 6.07 Å². The highest BCUT2D eigenvalue weighted by molar-refractivity contribution is 9.10. The number of hydrogen-bond donors (Lipinski definition) is 1. The molecule has 13 heavy (non-hydrogen) atoms. The summed E-state index contributed by atoms with van der Waals surface area (Å²) in [4.78, 5) is 15.1. The molecule has 5 heteroatoms. The van der Waals surface area contributed by atoms with Crippen molar-refractivity contribution in [2.75, 3.05) is 11.9 Å². The van der Waals surface area contributed by atoms with Crippen molar-refractivity contribution in [2.24, 2.45) is 0 Å². The molecule has 1 aliphatic heterocycles. The van der Waals surface area contributed by atoms with E-state index in [1.807, 2.05) is 6.07 Å². The third-order valence-electron chi connectivity index (χ3n) is 1.74. The van der Waals surface area contributed by atoms with Crippen LogP contribution >= 0.6 is 15.9 Å². The molecule has 0 saturated heterocycles. The van der Waals surface area contributed by atoms with Gasteiger partial charge in [0.15, 0.2) is 0 Å². The van der Waals surface area contributed by atoms with E-state index in [1.54, 1.807) is 6.20 Å². The highest BCUT2D eigenvalue weighted by atomic mass is 79.9. The molecule has 2 rings (SSSR count). The first kappa shape index (κ1) is 8.65. The molecule has 1 aliphatic rings. The number of pyridine rings is 1. The van der Waals surface area contributed by atoms with E-state index in [4.69, 9.17) is 4.74 Å². The Morgan fingerprint density at radius 2 is 2.38 bits per heavy atom. The van der Waals surface area contributed by atoms with Gasteiger partial charge < -0.3 is 10.1 Å². The number of rotatable bonds is 0. The van der Waals surface area contributed by atoms with Crippen LogP contribution in [0.25, 0.3) is 0 Å². The molecule has 1 N–H and O–H groups in total. The van der Waals surface area contributed by atoms with Crippen molar-refractivity contribution >= 4 is 27.7 Å². The Bertz CT molecular complexity index is 354. The molecule has 0 unspecified atom stereocenters. The Balaban J connectivity index is 2.45. The Morgan fingerprint density at radius 3 is 3.23 bits per heavy atom. The Labute approximate surface area is 83.4 Å². The van der Waals surface area contributed by atoms with Crippen molar-refractivity contribution in [1.29, 1.82) is 0 Å². The molecule has 68 valence electrons. The molecule has 0 fully saturated rings. The molecule has 2 heterocycles. The highest BCUT2D eigenvalue weighted by Gasteiger charge is 2.15. The van der Waals surface area contributed by atoms with E-state index in [9.17, 15) is 4.79 Å². The van der Waals surface area contributed by atoms with Crippen LogP contribution in [0.3, 0.4) is 0 Å². The van der Waals surface area contributed by atoms with Crippen molar-refractivity contribution in [1.82, 2.24) is 4.98 Å². The van der Waals surface area contributed by atoms with Gasteiger partial charge in [0.2, 0.25) is 0 Å². The molecule has 0 spiro atoms. The van der Waals surface area contributed by atoms with Gasteiger partial charge in [-0.25, -0.2) is 4.98 Å². The van der Waals surface area contributed by atoms with Gasteiger partial charge in [-0.1, -0.05) is 15.9 Å². The zero-order valence-corrected chi connectivity index (χ0v) is 8.30. The quantitative estimate of drug-likeness (QED) is 0.747. The van der Waals surface area contributed by atoms with Crippen LogP contribution in [0.1, 0.15) is 5.56 Å². The second-order valence-corrected chi connectivity index (χ2v) is 3.52. The first-order valence-corrected chi connectivity index (χ1v) is 4.57. The molecular formula is C8H7BrN2O2. The van der Waals surface area contributed by atoms with Gasteiger partial charge in [0.1, 0.15) is 12.4 Å². The van der Waals surface area contributed by atoms with Gasteiger partial charge in [-0.2, -0.15) is 0 Å². The lowest BCUT2D eigenvalue weighted by Crippen LogP contribution is -2.15. The van der Waals surface area contributed by atoms with Crippen LogP contribution in [0.2, 0.25) is 0 Å². The molecule has 0 bridgehead atoms. The van der Waals surface area contributed by atoms with Crippen molar-refractivity contribution < 1.29 is 9.53 Å². The summed E-state index contributed by atoms with van der Waals surface area (Å²) in [5.41, 5.74) is 0.883. The predicted molar refractivity (Wildman–Crippen MR) is 50.2 cm³/mol. The lowest BCUT2D eigenvalue weighted by Gasteiger charge is -2.04.